The van der Waals surface area contributed by atoms with Crippen LogP contribution in [0.3, 0.4) is 0 Å². The number of Topliss-reactive ketones (excluding diaryl/α,β-unsaturated/α-hetero) is 1. The number of ketones is 1. The van der Waals surface area contributed by atoms with Gasteiger partial charge >= 0.3 is 0 Å². The first-order valence-electron chi connectivity index (χ1n) is 6.10. The van der Waals surface area contributed by atoms with Gasteiger partial charge in [-0.1, -0.05) is 41.9 Å². The van der Waals surface area contributed by atoms with Gasteiger partial charge in [-0.05, 0) is 30.7 Å². The first kappa shape index (κ1) is 13.6. The van der Waals surface area contributed by atoms with Crippen molar-refractivity contribution in [2.45, 2.75) is 20.0 Å². The molecule has 2 nitrogen and oxygen atoms in total. The molecule has 0 aliphatic rings. The van der Waals surface area contributed by atoms with Gasteiger partial charge in [-0.15, -0.1) is 0 Å². The number of halogens is 1. The minimum atomic E-state index is 0.157. The molecule has 0 bridgehead atoms. The van der Waals surface area contributed by atoms with Gasteiger partial charge in [0, 0.05) is 17.0 Å². The highest BCUT2D eigenvalue weighted by molar-refractivity contribution is 6.31. The summed E-state index contributed by atoms with van der Waals surface area (Å²) >= 11 is 6.06. The molecule has 0 heterocycles. The van der Waals surface area contributed by atoms with Crippen LogP contribution in [0.4, 0.5) is 0 Å². The van der Waals surface area contributed by atoms with E-state index in [9.17, 15) is 4.79 Å². The van der Waals surface area contributed by atoms with Crippen molar-refractivity contribution in [3.8, 4) is 5.75 Å². The topological polar surface area (TPSA) is 26.3 Å². The molecule has 0 saturated carbocycles. The Labute approximate surface area is 118 Å². The largest absolute Gasteiger partial charge is 0.489 e. The van der Waals surface area contributed by atoms with E-state index < -0.39 is 0 Å². The molecular weight excluding hydrogens is 260 g/mol. The SMILES string of the molecule is CC(=O)Cc1ccc(OCc2ccccc2Cl)cc1. The van der Waals surface area contributed by atoms with E-state index in [1.165, 1.54) is 0 Å². The molecule has 0 aliphatic carbocycles. The van der Waals surface area contributed by atoms with E-state index in [2.05, 4.69) is 0 Å². The third-order valence-corrected chi connectivity index (χ3v) is 3.10. The number of benzene rings is 2. The van der Waals surface area contributed by atoms with Crippen molar-refractivity contribution >= 4 is 17.4 Å². The molecule has 0 amide bonds. The Morgan fingerprint density at radius 3 is 2.42 bits per heavy atom. The van der Waals surface area contributed by atoms with E-state index in [1.54, 1.807) is 6.92 Å². The van der Waals surface area contributed by atoms with Gasteiger partial charge in [0.25, 0.3) is 0 Å². The lowest BCUT2D eigenvalue weighted by atomic mass is 10.1. The Morgan fingerprint density at radius 1 is 1.11 bits per heavy atom. The van der Waals surface area contributed by atoms with Crippen molar-refractivity contribution in [2.75, 3.05) is 0 Å². The lowest BCUT2D eigenvalue weighted by Crippen LogP contribution is -1.98. The van der Waals surface area contributed by atoms with Crippen molar-refractivity contribution < 1.29 is 9.53 Å². The summed E-state index contributed by atoms with van der Waals surface area (Å²) in [6.07, 6.45) is 0.463. The lowest BCUT2D eigenvalue weighted by molar-refractivity contribution is -0.116. The second kappa shape index (κ2) is 6.39. The highest BCUT2D eigenvalue weighted by atomic mass is 35.5. The Kier molecular flexibility index (Phi) is 4.58. The molecule has 0 N–H and O–H groups in total. The highest BCUT2D eigenvalue weighted by Gasteiger charge is 2.01. The van der Waals surface area contributed by atoms with Crippen LogP contribution in [-0.4, -0.2) is 5.78 Å². The van der Waals surface area contributed by atoms with Crippen LogP contribution in [0.5, 0.6) is 5.75 Å². The number of carbonyl (C=O) groups excluding carboxylic acids is 1. The van der Waals surface area contributed by atoms with Crippen molar-refractivity contribution in [2.24, 2.45) is 0 Å². The maximum Gasteiger partial charge on any atom is 0.134 e. The fourth-order valence-corrected chi connectivity index (χ4v) is 1.96. The second-order valence-corrected chi connectivity index (χ2v) is 4.81. The summed E-state index contributed by atoms with van der Waals surface area (Å²) in [6, 6.07) is 15.2. The van der Waals surface area contributed by atoms with E-state index in [0.29, 0.717) is 18.1 Å². The van der Waals surface area contributed by atoms with Gasteiger partial charge in [-0.2, -0.15) is 0 Å². The predicted octanol–water partition coefficient (Wildman–Crippen LogP) is 4.05. The van der Waals surface area contributed by atoms with E-state index in [4.69, 9.17) is 16.3 Å². The Bertz CT molecular complexity index is 561. The summed E-state index contributed by atoms with van der Waals surface area (Å²) in [5.74, 6) is 0.928. The van der Waals surface area contributed by atoms with E-state index in [-0.39, 0.29) is 5.78 Å². The van der Waals surface area contributed by atoms with Crippen LogP contribution in [-0.2, 0) is 17.8 Å². The molecule has 2 rings (SSSR count). The van der Waals surface area contributed by atoms with E-state index in [1.807, 2.05) is 48.5 Å². The molecule has 98 valence electrons. The summed E-state index contributed by atoms with van der Waals surface area (Å²) in [4.78, 5) is 11.0. The first-order valence-corrected chi connectivity index (χ1v) is 6.47. The van der Waals surface area contributed by atoms with Gasteiger partial charge in [-0.3, -0.25) is 4.79 Å². The molecule has 2 aromatic rings. The zero-order valence-corrected chi connectivity index (χ0v) is 11.5. The van der Waals surface area contributed by atoms with E-state index in [0.717, 1.165) is 16.9 Å². The average Bonchev–Trinajstić information content (AvgIpc) is 2.39. The summed E-state index contributed by atoms with van der Waals surface area (Å²) in [5.41, 5.74) is 1.95. The zero-order chi connectivity index (χ0) is 13.7. The Hall–Kier alpha value is -1.80. The maximum absolute atomic E-state index is 11.0. The molecule has 0 saturated heterocycles. The van der Waals surface area contributed by atoms with Crippen molar-refractivity contribution in [3.05, 3.63) is 64.7 Å². The fraction of sp³-hybridized carbons (Fsp3) is 0.188. The summed E-state index contributed by atoms with van der Waals surface area (Å²) in [5, 5.41) is 0.704. The molecule has 2 aromatic carbocycles. The minimum Gasteiger partial charge on any atom is -0.489 e. The summed E-state index contributed by atoms with van der Waals surface area (Å²) < 4.78 is 5.66. The van der Waals surface area contributed by atoms with Gasteiger partial charge in [0.15, 0.2) is 0 Å². The Balaban J connectivity index is 1.97. The van der Waals surface area contributed by atoms with Crippen molar-refractivity contribution in [1.29, 1.82) is 0 Å². The molecule has 0 unspecified atom stereocenters. The quantitative estimate of drug-likeness (QED) is 0.822. The highest BCUT2D eigenvalue weighted by Crippen LogP contribution is 2.19. The van der Waals surface area contributed by atoms with Crippen LogP contribution in [0.25, 0.3) is 0 Å². The predicted molar refractivity (Wildman–Crippen MR) is 76.6 cm³/mol. The average molecular weight is 275 g/mol. The maximum atomic E-state index is 11.0. The number of carbonyl (C=O) groups is 1. The molecular formula is C16H15ClO2. The molecule has 0 spiro atoms. The van der Waals surface area contributed by atoms with Crippen LogP contribution < -0.4 is 4.74 Å². The number of hydrogen-bond donors (Lipinski definition) is 0. The Morgan fingerprint density at radius 2 is 1.79 bits per heavy atom. The second-order valence-electron chi connectivity index (χ2n) is 4.40. The molecule has 0 aromatic heterocycles. The van der Waals surface area contributed by atoms with Crippen molar-refractivity contribution in [3.63, 3.8) is 0 Å². The number of ether oxygens (including phenoxy) is 1. The van der Waals surface area contributed by atoms with Gasteiger partial charge in [0.05, 0.1) is 0 Å². The van der Waals surface area contributed by atoms with Crippen LogP contribution >= 0.6 is 11.6 Å². The van der Waals surface area contributed by atoms with Crippen LogP contribution in [0, 0.1) is 0 Å². The minimum absolute atomic E-state index is 0.157. The third kappa shape index (κ3) is 4.11. The summed E-state index contributed by atoms with van der Waals surface area (Å²) in [6.45, 7) is 2.02. The molecule has 0 fully saturated rings. The van der Waals surface area contributed by atoms with E-state index >= 15 is 0 Å². The summed E-state index contributed by atoms with van der Waals surface area (Å²) in [7, 11) is 0. The van der Waals surface area contributed by atoms with Crippen LogP contribution in [0.2, 0.25) is 5.02 Å². The number of rotatable bonds is 5. The van der Waals surface area contributed by atoms with Gasteiger partial charge < -0.3 is 4.74 Å². The zero-order valence-electron chi connectivity index (χ0n) is 10.7. The molecule has 19 heavy (non-hydrogen) atoms. The van der Waals surface area contributed by atoms with Crippen LogP contribution in [0.15, 0.2) is 48.5 Å². The van der Waals surface area contributed by atoms with Gasteiger partial charge in [-0.25, -0.2) is 0 Å². The normalized spacial score (nSPS) is 10.2. The first-order chi connectivity index (χ1) is 9.15. The third-order valence-electron chi connectivity index (χ3n) is 2.73. The van der Waals surface area contributed by atoms with Gasteiger partial charge in [0.2, 0.25) is 0 Å². The lowest BCUT2D eigenvalue weighted by Gasteiger charge is -2.08. The van der Waals surface area contributed by atoms with Gasteiger partial charge in [0.1, 0.15) is 18.1 Å². The smallest absolute Gasteiger partial charge is 0.134 e. The van der Waals surface area contributed by atoms with Crippen molar-refractivity contribution in [1.82, 2.24) is 0 Å². The number of hydrogen-bond acceptors (Lipinski definition) is 2. The molecule has 0 radical (unpaired) electrons. The molecule has 0 atom stereocenters. The fourth-order valence-electron chi connectivity index (χ4n) is 1.77. The molecule has 3 heteroatoms. The monoisotopic (exact) mass is 274 g/mol. The van der Waals surface area contributed by atoms with Crippen LogP contribution in [0.1, 0.15) is 18.1 Å². The molecule has 0 aliphatic heterocycles. The standard InChI is InChI=1S/C16H15ClO2/c1-12(18)10-13-6-8-15(9-7-13)19-11-14-4-2-3-5-16(14)17/h2-9H,10-11H2,1H3.